The SMILES string of the molecule is COc1cccc(CNC(=O)c2ccc3nn(CN)c(=O)n3c2)c1OC. The number of methoxy groups -OCH3 is 2. The summed E-state index contributed by atoms with van der Waals surface area (Å²) in [5, 5.41) is 6.85. The number of hydrogen-bond acceptors (Lipinski definition) is 6. The van der Waals surface area contributed by atoms with Crippen LogP contribution in [0.3, 0.4) is 0 Å². The molecule has 9 heteroatoms. The fourth-order valence-corrected chi connectivity index (χ4v) is 2.64. The summed E-state index contributed by atoms with van der Waals surface area (Å²) in [5.41, 5.74) is 6.59. The Kier molecular flexibility index (Phi) is 4.90. The molecule has 0 aliphatic rings. The Labute approximate surface area is 148 Å². The lowest BCUT2D eigenvalue weighted by molar-refractivity contribution is 0.0950. The molecule has 0 bridgehead atoms. The number of fused-ring (bicyclic) bond motifs is 1. The maximum absolute atomic E-state index is 12.5. The number of nitrogens with two attached hydrogens (primary N) is 1. The zero-order valence-electron chi connectivity index (χ0n) is 14.4. The van der Waals surface area contributed by atoms with Crippen LogP contribution in [-0.2, 0) is 13.2 Å². The first-order chi connectivity index (χ1) is 12.6. The van der Waals surface area contributed by atoms with Crippen molar-refractivity contribution in [3.63, 3.8) is 0 Å². The van der Waals surface area contributed by atoms with Crippen molar-refractivity contribution in [3.8, 4) is 11.5 Å². The minimum Gasteiger partial charge on any atom is -0.493 e. The number of benzene rings is 1. The van der Waals surface area contributed by atoms with Crippen LogP contribution in [0.25, 0.3) is 5.65 Å². The Balaban J connectivity index is 1.82. The van der Waals surface area contributed by atoms with Gasteiger partial charge in [-0.25, -0.2) is 9.20 Å². The van der Waals surface area contributed by atoms with Gasteiger partial charge in [0.1, 0.15) is 0 Å². The van der Waals surface area contributed by atoms with E-state index in [1.807, 2.05) is 12.1 Å². The average Bonchev–Trinajstić information content (AvgIpc) is 3.00. The molecule has 2 heterocycles. The maximum Gasteiger partial charge on any atom is 0.351 e. The van der Waals surface area contributed by atoms with Crippen molar-refractivity contribution < 1.29 is 14.3 Å². The van der Waals surface area contributed by atoms with E-state index in [0.717, 1.165) is 10.2 Å². The lowest BCUT2D eigenvalue weighted by Gasteiger charge is -2.13. The van der Waals surface area contributed by atoms with Gasteiger partial charge in [-0.05, 0) is 18.2 Å². The molecule has 0 aliphatic heterocycles. The van der Waals surface area contributed by atoms with Crippen LogP contribution >= 0.6 is 0 Å². The van der Waals surface area contributed by atoms with Crippen molar-refractivity contribution in [1.82, 2.24) is 19.5 Å². The number of carbonyl (C=O) groups excluding carboxylic acids is 1. The second-order valence-electron chi connectivity index (χ2n) is 5.45. The van der Waals surface area contributed by atoms with Crippen LogP contribution in [0.4, 0.5) is 0 Å². The average molecular weight is 357 g/mol. The predicted octanol–water partition coefficient (Wildman–Crippen LogP) is 0.359. The van der Waals surface area contributed by atoms with E-state index in [1.54, 1.807) is 32.4 Å². The van der Waals surface area contributed by atoms with Crippen molar-refractivity contribution in [3.05, 3.63) is 58.1 Å². The van der Waals surface area contributed by atoms with Gasteiger partial charge in [-0.1, -0.05) is 12.1 Å². The molecule has 0 saturated carbocycles. The van der Waals surface area contributed by atoms with Crippen molar-refractivity contribution >= 4 is 11.6 Å². The molecular weight excluding hydrogens is 338 g/mol. The van der Waals surface area contributed by atoms with Gasteiger partial charge in [0.25, 0.3) is 5.91 Å². The molecule has 3 rings (SSSR count). The lowest BCUT2D eigenvalue weighted by Crippen LogP contribution is -2.26. The molecule has 136 valence electrons. The van der Waals surface area contributed by atoms with Gasteiger partial charge in [0, 0.05) is 18.3 Å². The number of ether oxygens (including phenoxy) is 2. The van der Waals surface area contributed by atoms with E-state index in [-0.39, 0.29) is 19.1 Å². The number of rotatable bonds is 6. The molecule has 0 radical (unpaired) electrons. The third kappa shape index (κ3) is 3.11. The van der Waals surface area contributed by atoms with Gasteiger partial charge in [0.2, 0.25) is 0 Å². The second-order valence-corrected chi connectivity index (χ2v) is 5.45. The van der Waals surface area contributed by atoms with Crippen LogP contribution in [0.5, 0.6) is 11.5 Å². The molecule has 26 heavy (non-hydrogen) atoms. The number of pyridine rings is 1. The van der Waals surface area contributed by atoms with Crippen LogP contribution in [0.15, 0.2) is 41.3 Å². The topological polar surface area (TPSA) is 113 Å². The van der Waals surface area contributed by atoms with E-state index in [4.69, 9.17) is 15.2 Å². The van der Waals surface area contributed by atoms with E-state index in [2.05, 4.69) is 10.4 Å². The highest BCUT2D eigenvalue weighted by Crippen LogP contribution is 2.30. The summed E-state index contributed by atoms with van der Waals surface area (Å²) >= 11 is 0. The Bertz CT molecular complexity index is 1010. The minimum atomic E-state index is -0.397. The Morgan fingerprint density at radius 1 is 1.23 bits per heavy atom. The summed E-state index contributed by atoms with van der Waals surface area (Å²) < 4.78 is 13.0. The molecule has 0 aliphatic carbocycles. The zero-order valence-corrected chi connectivity index (χ0v) is 14.4. The van der Waals surface area contributed by atoms with Gasteiger partial charge in [-0.3, -0.25) is 4.79 Å². The third-order valence-corrected chi connectivity index (χ3v) is 3.94. The maximum atomic E-state index is 12.5. The fourth-order valence-electron chi connectivity index (χ4n) is 2.64. The third-order valence-electron chi connectivity index (χ3n) is 3.94. The summed E-state index contributed by atoms with van der Waals surface area (Å²) in [6.07, 6.45) is 1.44. The van der Waals surface area contributed by atoms with Crippen molar-refractivity contribution in [1.29, 1.82) is 0 Å². The molecule has 2 aromatic heterocycles. The Hall–Kier alpha value is -3.33. The number of carbonyl (C=O) groups is 1. The molecule has 1 aromatic carbocycles. The Morgan fingerprint density at radius 2 is 2.04 bits per heavy atom. The van der Waals surface area contributed by atoms with Crippen LogP contribution in [0.2, 0.25) is 0 Å². The number of para-hydroxylation sites is 1. The standard InChI is InChI=1S/C17H19N5O4/c1-25-13-5-3-4-11(15(13)26-2)8-19-16(23)12-6-7-14-20-22(10-18)17(24)21(14)9-12/h3-7,9H,8,10,18H2,1-2H3,(H,19,23). The van der Waals surface area contributed by atoms with E-state index in [0.29, 0.717) is 22.7 Å². The monoisotopic (exact) mass is 357 g/mol. The van der Waals surface area contributed by atoms with Crippen molar-refractivity contribution in [2.75, 3.05) is 14.2 Å². The van der Waals surface area contributed by atoms with Gasteiger partial charge in [-0.15, -0.1) is 5.10 Å². The highest BCUT2D eigenvalue weighted by atomic mass is 16.5. The van der Waals surface area contributed by atoms with Gasteiger partial charge in [0.05, 0.1) is 26.5 Å². The Morgan fingerprint density at radius 3 is 2.73 bits per heavy atom. The number of nitrogens with zero attached hydrogens (tertiary/aromatic N) is 3. The molecule has 3 N–H and O–H groups in total. The molecule has 0 spiro atoms. The largest absolute Gasteiger partial charge is 0.493 e. The normalized spacial score (nSPS) is 10.7. The molecule has 1 amide bonds. The number of aromatic nitrogens is 3. The quantitative estimate of drug-likeness (QED) is 0.659. The highest BCUT2D eigenvalue weighted by molar-refractivity contribution is 5.94. The number of hydrogen-bond donors (Lipinski definition) is 2. The van der Waals surface area contributed by atoms with Crippen molar-refractivity contribution in [2.45, 2.75) is 13.2 Å². The summed E-state index contributed by atoms with van der Waals surface area (Å²) in [6.45, 7) is 0.214. The summed E-state index contributed by atoms with van der Waals surface area (Å²) in [6, 6.07) is 8.62. The lowest BCUT2D eigenvalue weighted by atomic mass is 10.1. The first kappa shape index (κ1) is 17.5. The van der Waals surface area contributed by atoms with E-state index >= 15 is 0 Å². The van der Waals surface area contributed by atoms with Crippen LogP contribution in [0, 0.1) is 0 Å². The molecule has 0 fully saturated rings. The van der Waals surface area contributed by atoms with Crippen LogP contribution < -0.4 is 26.2 Å². The van der Waals surface area contributed by atoms with E-state index in [1.165, 1.54) is 10.6 Å². The predicted molar refractivity (Wildman–Crippen MR) is 94.4 cm³/mol. The molecule has 0 unspecified atom stereocenters. The zero-order chi connectivity index (χ0) is 18.7. The van der Waals surface area contributed by atoms with Gasteiger partial charge in [0.15, 0.2) is 17.1 Å². The first-order valence-electron chi connectivity index (χ1n) is 7.86. The summed E-state index contributed by atoms with van der Waals surface area (Å²) in [7, 11) is 3.09. The fraction of sp³-hybridized carbons (Fsp3) is 0.235. The van der Waals surface area contributed by atoms with Gasteiger partial charge in [-0.2, -0.15) is 4.68 Å². The second kappa shape index (κ2) is 7.28. The summed E-state index contributed by atoms with van der Waals surface area (Å²) in [4.78, 5) is 24.5. The molecule has 0 atom stereocenters. The van der Waals surface area contributed by atoms with Crippen LogP contribution in [0.1, 0.15) is 15.9 Å². The summed E-state index contributed by atoms with van der Waals surface area (Å²) in [5.74, 6) is 0.816. The first-order valence-corrected chi connectivity index (χ1v) is 7.86. The number of amides is 1. The molecule has 3 aromatic rings. The smallest absolute Gasteiger partial charge is 0.351 e. The molecular formula is C17H19N5O4. The van der Waals surface area contributed by atoms with Gasteiger partial charge >= 0.3 is 5.69 Å². The highest BCUT2D eigenvalue weighted by Gasteiger charge is 2.13. The number of nitrogens with one attached hydrogen (secondary N) is 1. The van der Waals surface area contributed by atoms with E-state index in [9.17, 15) is 9.59 Å². The molecule has 9 nitrogen and oxygen atoms in total. The molecule has 0 saturated heterocycles. The van der Waals surface area contributed by atoms with Crippen LogP contribution in [-0.4, -0.2) is 34.3 Å². The van der Waals surface area contributed by atoms with Gasteiger partial charge < -0.3 is 20.5 Å². The minimum absolute atomic E-state index is 0.0301. The van der Waals surface area contributed by atoms with Crippen molar-refractivity contribution in [2.24, 2.45) is 5.73 Å². The van der Waals surface area contributed by atoms with E-state index < -0.39 is 5.69 Å².